The van der Waals surface area contributed by atoms with E-state index in [0.717, 1.165) is 34.1 Å². The molecule has 0 bridgehead atoms. The minimum atomic E-state index is 0.971. The van der Waals surface area contributed by atoms with Gasteiger partial charge in [0.25, 0.3) is 0 Å². The maximum absolute atomic E-state index is 4.80. The van der Waals surface area contributed by atoms with E-state index < -0.39 is 0 Å². The first-order valence-corrected chi connectivity index (χ1v) is 10.1. The second kappa shape index (κ2) is 8.29. The van der Waals surface area contributed by atoms with Crippen molar-refractivity contribution in [3.8, 4) is 11.3 Å². The second-order valence-corrected chi connectivity index (χ2v) is 7.45. The molecule has 0 saturated heterocycles. The fraction of sp³-hybridized carbons (Fsp3) is 0.182. The molecule has 3 aromatic rings. The third-order valence-corrected chi connectivity index (χ3v) is 5.21. The molecule has 136 valence electrons. The number of nitrogens with zero attached hydrogens (tertiary/aromatic N) is 2. The van der Waals surface area contributed by atoms with Gasteiger partial charge in [0.15, 0.2) is 5.13 Å². The number of aromatic nitrogens is 2. The summed E-state index contributed by atoms with van der Waals surface area (Å²) in [5.74, 6) is 0. The lowest BCUT2D eigenvalue weighted by Gasteiger charge is -2.05. The smallest absolute Gasteiger partial charge is 0.187 e. The number of likely N-dealkylation sites (N-methyl/N-ethyl adjacent to an activating group) is 1. The quantitative estimate of drug-likeness (QED) is 0.656. The van der Waals surface area contributed by atoms with Crippen molar-refractivity contribution in [3.05, 3.63) is 76.6 Å². The highest BCUT2D eigenvalue weighted by Gasteiger charge is 2.19. The molecule has 3 N–H and O–H groups in total. The van der Waals surface area contributed by atoms with Crippen LogP contribution in [0.1, 0.15) is 24.0 Å². The van der Waals surface area contributed by atoms with Crippen molar-refractivity contribution in [2.24, 2.45) is 0 Å². The fourth-order valence-corrected chi connectivity index (χ4v) is 3.66. The number of allylic oxidation sites excluding steroid dienone is 1. The Bertz CT molecular complexity index is 967. The molecule has 1 aliphatic rings. The van der Waals surface area contributed by atoms with Gasteiger partial charge in [-0.3, -0.25) is 4.98 Å². The molecule has 1 fully saturated rings. The zero-order valence-corrected chi connectivity index (χ0v) is 16.2. The van der Waals surface area contributed by atoms with Crippen LogP contribution in [0, 0.1) is 0 Å². The van der Waals surface area contributed by atoms with Crippen molar-refractivity contribution < 1.29 is 5.32 Å². The number of nitrogens with two attached hydrogens (primary N) is 1. The van der Waals surface area contributed by atoms with Crippen molar-refractivity contribution in [2.75, 3.05) is 18.9 Å². The van der Waals surface area contributed by atoms with Gasteiger partial charge in [-0.05, 0) is 47.7 Å². The first-order valence-electron chi connectivity index (χ1n) is 9.21. The van der Waals surface area contributed by atoms with Crippen LogP contribution >= 0.6 is 11.3 Å². The highest BCUT2D eigenvalue weighted by Crippen LogP contribution is 2.33. The Kier molecular flexibility index (Phi) is 5.42. The Balaban J connectivity index is 1.50. The van der Waals surface area contributed by atoms with E-state index in [1.807, 2.05) is 12.1 Å². The highest BCUT2D eigenvalue weighted by molar-refractivity contribution is 7.14. The zero-order valence-electron chi connectivity index (χ0n) is 15.4. The molecule has 1 saturated carbocycles. The molecule has 0 spiro atoms. The minimum absolute atomic E-state index is 0.971. The van der Waals surface area contributed by atoms with Crippen LogP contribution in [0.5, 0.6) is 0 Å². The summed E-state index contributed by atoms with van der Waals surface area (Å²) in [4.78, 5) is 8.85. The van der Waals surface area contributed by atoms with Gasteiger partial charge < -0.3 is 10.6 Å². The Morgan fingerprint density at radius 3 is 2.74 bits per heavy atom. The van der Waals surface area contributed by atoms with Crippen LogP contribution in [0.4, 0.5) is 5.13 Å². The zero-order chi connectivity index (χ0) is 18.5. The van der Waals surface area contributed by atoms with Gasteiger partial charge in [-0.1, -0.05) is 30.4 Å². The van der Waals surface area contributed by atoms with E-state index in [0.29, 0.717) is 0 Å². The van der Waals surface area contributed by atoms with Crippen LogP contribution in [0.3, 0.4) is 0 Å². The van der Waals surface area contributed by atoms with Gasteiger partial charge in [0.05, 0.1) is 18.4 Å². The number of pyridine rings is 1. The Morgan fingerprint density at radius 2 is 1.96 bits per heavy atom. The van der Waals surface area contributed by atoms with Gasteiger partial charge in [-0.2, -0.15) is 0 Å². The van der Waals surface area contributed by atoms with E-state index >= 15 is 0 Å². The summed E-state index contributed by atoms with van der Waals surface area (Å²) in [5.41, 5.74) is 7.32. The van der Waals surface area contributed by atoms with E-state index in [1.54, 1.807) is 23.7 Å². The largest absolute Gasteiger partial charge is 0.344 e. The van der Waals surface area contributed by atoms with Crippen LogP contribution in [-0.4, -0.2) is 23.6 Å². The number of nitrogens with one attached hydrogen (secondary N) is 1. The van der Waals surface area contributed by atoms with E-state index in [-0.39, 0.29) is 0 Å². The lowest BCUT2D eigenvalue weighted by Crippen LogP contribution is -2.80. The van der Waals surface area contributed by atoms with Gasteiger partial charge in [-0.15, -0.1) is 11.3 Å². The van der Waals surface area contributed by atoms with Crippen molar-refractivity contribution in [1.82, 2.24) is 9.97 Å². The summed E-state index contributed by atoms with van der Waals surface area (Å²) >= 11 is 1.66. The third-order valence-electron chi connectivity index (χ3n) is 4.45. The molecule has 1 aliphatic carbocycles. The Labute approximate surface area is 163 Å². The number of anilines is 1. The summed E-state index contributed by atoms with van der Waals surface area (Å²) in [7, 11) is 2.10. The van der Waals surface area contributed by atoms with Crippen LogP contribution in [0.2, 0.25) is 0 Å². The minimum Gasteiger partial charge on any atom is -0.344 e. The van der Waals surface area contributed by atoms with Crippen molar-refractivity contribution in [3.63, 3.8) is 0 Å². The molecule has 0 atom stereocenters. The first kappa shape index (κ1) is 17.6. The molecular formula is C22H23N4S+. The third kappa shape index (κ3) is 4.70. The van der Waals surface area contributed by atoms with Crippen LogP contribution in [0.15, 0.2) is 65.4 Å². The molecule has 27 heavy (non-hydrogen) atoms. The number of hydrogen-bond acceptors (Lipinski definition) is 4. The second-order valence-electron chi connectivity index (χ2n) is 6.60. The maximum atomic E-state index is 4.80. The molecule has 0 radical (unpaired) electrons. The predicted molar refractivity (Wildman–Crippen MR) is 113 cm³/mol. The van der Waals surface area contributed by atoms with Crippen LogP contribution < -0.4 is 10.6 Å². The molecular weight excluding hydrogens is 352 g/mol. The lowest BCUT2D eigenvalue weighted by atomic mass is 10.1. The highest BCUT2D eigenvalue weighted by atomic mass is 32.1. The number of rotatable bonds is 7. The normalized spacial score (nSPS) is 13.1. The average molecular weight is 376 g/mol. The van der Waals surface area contributed by atoms with Crippen molar-refractivity contribution in [1.29, 1.82) is 0 Å². The van der Waals surface area contributed by atoms with Crippen LogP contribution in [0.25, 0.3) is 23.4 Å². The molecule has 2 heterocycles. The topological polar surface area (TPSA) is 54.4 Å². The maximum Gasteiger partial charge on any atom is 0.187 e. The summed E-state index contributed by atoms with van der Waals surface area (Å²) in [6, 6.07) is 12.5. The first-order chi connectivity index (χ1) is 13.3. The average Bonchev–Trinajstić information content (AvgIpc) is 3.46. The molecule has 0 unspecified atom stereocenters. The standard InChI is InChI=1S/C22H22N4S/c1-23-14-20(18-7-8-18)25-22-26-21(15-27-22)19-4-2-3-17(13-19)6-5-16-9-11-24-12-10-16/h2-6,9-13,15,23H,7-8,14H2,1H3,(H,25,26)/p+1/b6-5+. The van der Waals surface area contributed by atoms with Crippen molar-refractivity contribution in [2.45, 2.75) is 12.8 Å². The van der Waals surface area contributed by atoms with E-state index in [4.69, 9.17) is 4.98 Å². The van der Waals surface area contributed by atoms with Gasteiger partial charge in [0.2, 0.25) is 0 Å². The predicted octanol–water partition coefficient (Wildman–Crippen LogP) is 4.03. The van der Waals surface area contributed by atoms with Gasteiger partial charge in [-0.25, -0.2) is 4.98 Å². The lowest BCUT2D eigenvalue weighted by molar-refractivity contribution is -0.619. The molecule has 1 aromatic carbocycles. The number of quaternary nitrogens is 1. The van der Waals surface area contributed by atoms with E-state index in [1.165, 1.54) is 24.1 Å². The Morgan fingerprint density at radius 1 is 1.15 bits per heavy atom. The SMILES string of the molecule is C[NH2+]CC(Nc1nc(-c2cccc(/C=C/c3ccncc3)c2)cs1)=C1CC1. The van der Waals surface area contributed by atoms with Crippen LogP contribution in [-0.2, 0) is 0 Å². The van der Waals surface area contributed by atoms with Gasteiger partial charge in [0.1, 0.15) is 6.54 Å². The monoisotopic (exact) mass is 375 g/mol. The summed E-state index contributed by atoms with van der Waals surface area (Å²) in [6.45, 7) is 0.986. The van der Waals surface area contributed by atoms with E-state index in [2.05, 4.69) is 64.5 Å². The molecule has 2 aromatic heterocycles. The molecule has 0 aliphatic heterocycles. The molecule has 0 amide bonds. The molecule has 4 nitrogen and oxygen atoms in total. The fourth-order valence-electron chi connectivity index (χ4n) is 2.91. The van der Waals surface area contributed by atoms with Crippen molar-refractivity contribution >= 4 is 28.6 Å². The summed E-state index contributed by atoms with van der Waals surface area (Å²) in [5, 5.41) is 8.82. The molecule has 4 rings (SSSR count). The summed E-state index contributed by atoms with van der Waals surface area (Å²) < 4.78 is 0. The number of thiazole rings is 1. The Hall–Kier alpha value is -2.76. The number of hydrogen-bond donors (Lipinski definition) is 2. The molecule has 5 heteroatoms. The van der Waals surface area contributed by atoms with Gasteiger partial charge >= 0.3 is 0 Å². The van der Waals surface area contributed by atoms with E-state index in [9.17, 15) is 0 Å². The van der Waals surface area contributed by atoms with Gasteiger partial charge in [0, 0.05) is 23.3 Å². The number of benzene rings is 1. The summed E-state index contributed by atoms with van der Waals surface area (Å²) in [6.07, 6.45) is 10.3.